The molecule has 1 aromatic rings. The summed E-state index contributed by atoms with van der Waals surface area (Å²) < 4.78 is 7.74. The number of anilines is 1. The topological polar surface area (TPSA) is 38.3 Å². The minimum absolute atomic E-state index is 0.311. The highest BCUT2D eigenvalue weighted by Crippen LogP contribution is 2.19. The molecular formula is C12H19NO2S. The number of carbonyl (C=O) groups is 1. The summed E-state index contributed by atoms with van der Waals surface area (Å²) in [4.78, 5) is 11.2. The lowest BCUT2D eigenvalue weighted by Crippen LogP contribution is -2.02. The molecular weight excluding hydrogens is 222 g/mol. The fourth-order valence-corrected chi connectivity index (χ4v) is 1.53. The fourth-order valence-electron chi connectivity index (χ4n) is 1.09. The van der Waals surface area contributed by atoms with Crippen molar-refractivity contribution in [3.8, 4) is 0 Å². The van der Waals surface area contributed by atoms with E-state index in [9.17, 15) is 4.79 Å². The van der Waals surface area contributed by atoms with Gasteiger partial charge in [0.25, 0.3) is 0 Å². The van der Waals surface area contributed by atoms with Gasteiger partial charge in [0.1, 0.15) is 0 Å². The van der Waals surface area contributed by atoms with E-state index >= 15 is 0 Å². The Balaban J connectivity index is 0.00000106. The molecule has 1 rings (SSSR count). The standard InChI is InChI=1S/C10H13NO2S.C2H6/c1-7-4-5-8(10(12)13-2)6-9(7)11-14-3;1-2/h4-6,11H,1-3H3;1-2H3. The smallest absolute Gasteiger partial charge is 0.337 e. The highest BCUT2D eigenvalue weighted by molar-refractivity contribution is 7.99. The van der Waals surface area contributed by atoms with E-state index in [1.807, 2.05) is 33.1 Å². The van der Waals surface area contributed by atoms with E-state index in [-0.39, 0.29) is 5.97 Å². The van der Waals surface area contributed by atoms with Gasteiger partial charge in [-0.2, -0.15) is 0 Å². The number of methoxy groups -OCH3 is 1. The first-order valence-electron chi connectivity index (χ1n) is 5.17. The van der Waals surface area contributed by atoms with Crippen LogP contribution >= 0.6 is 11.9 Å². The van der Waals surface area contributed by atoms with Gasteiger partial charge >= 0.3 is 5.97 Å². The molecule has 0 aliphatic heterocycles. The van der Waals surface area contributed by atoms with Gasteiger partial charge in [0.2, 0.25) is 0 Å². The molecule has 0 spiro atoms. The normalized spacial score (nSPS) is 8.81. The van der Waals surface area contributed by atoms with Crippen molar-refractivity contribution < 1.29 is 9.53 Å². The molecule has 0 aromatic heterocycles. The van der Waals surface area contributed by atoms with Gasteiger partial charge in [0, 0.05) is 11.9 Å². The Morgan fingerprint density at radius 2 is 2.00 bits per heavy atom. The zero-order chi connectivity index (χ0) is 12.6. The quantitative estimate of drug-likeness (QED) is 0.649. The van der Waals surface area contributed by atoms with Crippen molar-refractivity contribution in [2.75, 3.05) is 18.1 Å². The summed E-state index contributed by atoms with van der Waals surface area (Å²) in [5, 5.41) is 0. The third-order valence-corrected chi connectivity index (χ3v) is 2.29. The van der Waals surface area contributed by atoms with Crippen LogP contribution in [0.1, 0.15) is 29.8 Å². The molecule has 0 amide bonds. The van der Waals surface area contributed by atoms with Gasteiger partial charge in [-0.05, 0) is 24.6 Å². The highest BCUT2D eigenvalue weighted by Gasteiger charge is 2.07. The van der Waals surface area contributed by atoms with Crippen LogP contribution in [0.5, 0.6) is 0 Å². The van der Waals surface area contributed by atoms with E-state index < -0.39 is 0 Å². The average molecular weight is 241 g/mol. The molecule has 0 fully saturated rings. The monoisotopic (exact) mass is 241 g/mol. The Bertz CT molecular complexity index is 340. The van der Waals surface area contributed by atoms with Crippen molar-refractivity contribution in [2.24, 2.45) is 0 Å². The minimum atomic E-state index is -0.311. The number of nitrogens with one attached hydrogen (secondary N) is 1. The first-order valence-corrected chi connectivity index (χ1v) is 6.39. The number of rotatable bonds is 3. The number of hydrogen-bond donors (Lipinski definition) is 1. The SMILES string of the molecule is CC.COC(=O)c1ccc(C)c(NSC)c1. The van der Waals surface area contributed by atoms with E-state index in [1.165, 1.54) is 19.1 Å². The van der Waals surface area contributed by atoms with E-state index in [1.54, 1.807) is 12.1 Å². The number of hydrogen-bond acceptors (Lipinski definition) is 4. The van der Waals surface area contributed by atoms with Gasteiger partial charge in [-0.1, -0.05) is 31.9 Å². The van der Waals surface area contributed by atoms with Gasteiger partial charge in [0.15, 0.2) is 0 Å². The molecule has 0 saturated carbocycles. The first kappa shape index (κ1) is 14.8. The lowest BCUT2D eigenvalue weighted by Gasteiger charge is -2.07. The van der Waals surface area contributed by atoms with E-state index in [0.29, 0.717) is 5.56 Å². The maximum absolute atomic E-state index is 11.2. The summed E-state index contributed by atoms with van der Waals surface area (Å²) >= 11 is 1.49. The lowest BCUT2D eigenvalue weighted by atomic mass is 10.1. The molecule has 0 aliphatic carbocycles. The zero-order valence-corrected chi connectivity index (χ0v) is 11.3. The summed E-state index contributed by atoms with van der Waals surface area (Å²) in [6.45, 7) is 5.99. The third kappa shape index (κ3) is 4.14. The van der Waals surface area contributed by atoms with Crippen LogP contribution < -0.4 is 4.72 Å². The molecule has 3 nitrogen and oxygen atoms in total. The molecule has 0 radical (unpaired) electrons. The van der Waals surface area contributed by atoms with Crippen molar-refractivity contribution in [1.82, 2.24) is 0 Å². The predicted octanol–water partition coefficient (Wildman–Crippen LogP) is 3.50. The van der Waals surface area contributed by atoms with E-state index in [0.717, 1.165) is 11.3 Å². The van der Waals surface area contributed by atoms with Gasteiger partial charge < -0.3 is 9.46 Å². The molecule has 0 heterocycles. The molecule has 0 atom stereocenters. The summed E-state index contributed by atoms with van der Waals surface area (Å²) in [6.07, 6.45) is 1.93. The van der Waals surface area contributed by atoms with E-state index in [4.69, 9.17) is 0 Å². The summed E-state index contributed by atoms with van der Waals surface area (Å²) in [5.41, 5.74) is 2.61. The van der Waals surface area contributed by atoms with Crippen LogP contribution in [0.25, 0.3) is 0 Å². The lowest BCUT2D eigenvalue weighted by molar-refractivity contribution is 0.0601. The minimum Gasteiger partial charge on any atom is -0.465 e. The van der Waals surface area contributed by atoms with Crippen molar-refractivity contribution in [3.05, 3.63) is 29.3 Å². The molecule has 0 unspecified atom stereocenters. The van der Waals surface area contributed by atoms with Crippen molar-refractivity contribution in [1.29, 1.82) is 0 Å². The summed E-state index contributed by atoms with van der Waals surface area (Å²) in [5.74, 6) is -0.311. The summed E-state index contributed by atoms with van der Waals surface area (Å²) in [6, 6.07) is 5.44. The van der Waals surface area contributed by atoms with Crippen LogP contribution in [0.3, 0.4) is 0 Å². The second kappa shape index (κ2) is 8.05. The molecule has 0 bridgehead atoms. The molecule has 0 aliphatic rings. The Morgan fingerprint density at radius 3 is 2.50 bits per heavy atom. The molecule has 1 aromatic carbocycles. The highest BCUT2D eigenvalue weighted by atomic mass is 32.2. The number of aryl methyl sites for hydroxylation is 1. The third-order valence-electron chi connectivity index (χ3n) is 1.87. The van der Waals surface area contributed by atoms with Gasteiger partial charge in [-0.25, -0.2) is 4.79 Å². The average Bonchev–Trinajstić information content (AvgIpc) is 2.34. The van der Waals surface area contributed by atoms with E-state index in [2.05, 4.69) is 9.46 Å². The van der Waals surface area contributed by atoms with Crippen LogP contribution in [-0.2, 0) is 4.74 Å². The Morgan fingerprint density at radius 1 is 1.38 bits per heavy atom. The maximum Gasteiger partial charge on any atom is 0.337 e. The van der Waals surface area contributed by atoms with Crippen LogP contribution in [0, 0.1) is 6.92 Å². The Hall–Kier alpha value is -1.16. The molecule has 4 heteroatoms. The summed E-state index contributed by atoms with van der Waals surface area (Å²) in [7, 11) is 1.38. The largest absolute Gasteiger partial charge is 0.465 e. The molecule has 1 N–H and O–H groups in total. The second-order valence-corrected chi connectivity index (χ2v) is 3.44. The van der Waals surface area contributed by atoms with Gasteiger partial charge in [-0.3, -0.25) is 0 Å². The van der Waals surface area contributed by atoms with Crippen molar-refractivity contribution >= 4 is 23.6 Å². The van der Waals surface area contributed by atoms with Crippen molar-refractivity contribution in [2.45, 2.75) is 20.8 Å². The first-order chi connectivity index (χ1) is 7.69. The number of carbonyl (C=O) groups excluding carboxylic acids is 1. The number of benzene rings is 1. The Kier molecular flexibility index (Phi) is 7.46. The fraction of sp³-hybridized carbons (Fsp3) is 0.417. The molecule has 90 valence electrons. The van der Waals surface area contributed by atoms with Gasteiger partial charge in [0.05, 0.1) is 12.7 Å². The molecule has 16 heavy (non-hydrogen) atoms. The van der Waals surface area contributed by atoms with Gasteiger partial charge in [-0.15, -0.1) is 0 Å². The van der Waals surface area contributed by atoms with Crippen LogP contribution in [-0.4, -0.2) is 19.3 Å². The Labute approximate surface area is 102 Å². The maximum atomic E-state index is 11.2. The number of esters is 1. The van der Waals surface area contributed by atoms with Crippen LogP contribution in [0.2, 0.25) is 0 Å². The van der Waals surface area contributed by atoms with Crippen LogP contribution in [0.4, 0.5) is 5.69 Å². The molecule has 0 saturated heterocycles. The predicted molar refractivity (Wildman–Crippen MR) is 71.0 cm³/mol. The van der Waals surface area contributed by atoms with Crippen molar-refractivity contribution in [3.63, 3.8) is 0 Å². The van der Waals surface area contributed by atoms with Crippen LogP contribution in [0.15, 0.2) is 18.2 Å². The number of ether oxygens (including phenoxy) is 1. The zero-order valence-electron chi connectivity index (χ0n) is 10.5. The second-order valence-electron chi connectivity index (χ2n) is 2.83.